The monoisotopic (exact) mass is 285 g/mol. The third-order valence-electron chi connectivity index (χ3n) is 3.00. The van der Waals surface area contributed by atoms with E-state index in [-0.39, 0.29) is 6.04 Å². The minimum absolute atomic E-state index is 0.206. The summed E-state index contributed by atoms with van der Waals surface area (Å²) in [6, 6.07) is 7.24. The molecule has 102 valence electrons. The predicted octanol–water partition coefficient (Wildman–Crippen LogP) is 4.38. The summed E-state index contributed by atoms with van der Waals surface area (Å²) in [6.45, 7) is 1.96. The Labute approximate surface area is 114 Å². The number of benzene rings is 1. The van der Waals surface area contributed by atoms with Crippen LogP contribution in [-0.4, -0.2) is 7.05 Å². The molecule has 1 aromatic heterocycles. The minimum atomic E-state index is -4.31. The van der Waals surface area contributed by atoms with Gasteiger partial charge in [-0.15, -0.1) is 11.3 Å². The second-order valence-electron chi connectivity index (χ2n) is 4.31. The molecule has 2 aromatic rings. The Bertz CT molecular complexity index is 560. The van der Waals surface area contributed by atoms with Gasteiger partial charge in [-0.25, -0.2) is 0 Å². The van der Waals surface area contributed by atoms with E-state index >= 15 is 0 Å². The molecule has 0 aliphatic carbocycles. The lowest BCUT2D eigenvalue weighted by atomic mass is 10.0. The summed E-state index contributed by atoms with van der Waals surface area (Å²) in [5, 5.41) is 5.03. The molecule has 1 aromatic carbocycles. The van der Waals surface area contributed by atoms with E-state index in [4.69, 9.17) is 0 Å². The molecule has 0 bridgehead atoms. The van der Waals surface area contributed by atoms with Gasteiger partial charge in [-0.1, -0.05) is 12.1 Å². The van der Waals surface area contributed by atoms with Gasteiger partial charge in [0.15, 0.2) is 0 Å². The van der Waals surface area contributed by atoms with Gasteiger partial charge in [0.1, 0.15) is 0 Å². The van der Waals surface area contributed by atoms with Crippen molar-refractivity contribution in [2.75, 3.05) is 7.05 Å². The van der Waals surface area contributed by atoms with Crippen molar-refractivity contribution >= 4 is 11.3 Å². The minimum Gasteiger partial charge on any atom is -0.309 e. The van der Waals surface area contributed by atoms with Crippen LogP contribution in [-0.2, 0) is 6.18 Å². The second-order valence-corrected chi connectivity index (χ2v) is 5.26. The summed E-state index contributed by atoms with van der Waals surface area (Å²) < 4.78 is 38.2. The lowest BCUT2D eigenvalue weighted by Gasteiger charge is -2.18. The molecule has 0 fully saturated rings. The van der Waals surface area contributed by atoms with Crippen LogP contribution in [0.3, 0.4) is 0 Å². The van der Waals surface area contributed by atoms with Crippen LogP contribution in [0.4, 0.5) is 13.2 Å². The van der Waals surface area contributed by atoms with E-state index in [1.54, 1.807) is 24.5 Å². The molecular formula is C14H14F3NS. The van der Waals surface area contributed by atoms with E-state index in [2.05, 4.69) is 5.32 Å². The van der Waals surface area contributed by atoms with E-state index in [9.17, 15) is 13.2 Å². The van der Waals surface area contributed by atoms with Crippen molar-refractivity contribution in [3.63, 3.8) is 0 Å². The molecule has 1 unspecified atom stereocenters. The molecule has 0 aliphatic rings. The van der Waals surface area contributed by atoms with Crippen LogP contribution in [0.15, 0.2) is 35.7 Å². The van der Waals surface area contributed by atoms with Gasteiger partial charge < -0.3 is 5.32 Å². The number of alkyl halides is 3. The molecule has 0 aliphatic heterocycles. The molecule has 2 rings (SSSR count). The summed E-state index contributed by atoms with van der Waals surface area (Å²) in [7, 11) is 1.75. The number of halogens is 3. The molecule has 0 radical (unpaired) electrons. The van der Waals surface area contributed by atoms with Crippen LogP contribution in [0.2, 0.25) is 0 Å². The lowest BCUT2D eigenvalue weighted by Crippen LogP contribution is -2.18. The van der Waals surface area contributed by atoms with Crippen molar-refractivity contribution in [2.45, 2.75) is 19.1 Å². The van der Waals surface area contributed by atoms with Gasteiger partial charge in [0.05, 0.1) is 11.6 Å². The fraction of sp³-hybridized carbons (Fsp3) is 0.286. The van der Waals surface area contributed by atoms with Crippen molar-refractivity contribution in [3.05, 3.63) is 57.3 Å². The first-order chi connectivity index (χ1) is 8.93. The summed E-state index contributed by atoms with van der Waals surface area (Å²) in [6.07, 6.45) is -4.31. The summed E-state index contributed by atoms with van der Waals surface area (Å²) in [4.78, 5) is 1.04. The highest BCUT2D eigenvalue weighted by Crippen LogP contribution is 2.34. The maximum absolute atomic E-state index is 12.7. The fourth-order valence-electron chi connectivity index (χ4n) is 2.02. The van der Waals surface area contributed by atoms with Crippen LogP contribution >= 0.6 is 11.3 Å². The van der Waals surface area contributed by atoms with Crippen LogP contribution in [0, 0.1) is 6.92 Å². The average molecular weight is 285 g/mol. The van der Waals surface area contributed by atoms with Crippen molar-refractivity contribution in [2.24, 2.45) is 0 Å². The van der Waals surface area contributed by atoms with Crippen LogP contribution < -0.4 is 5.32 Å². The Hall–Kier alpha value is -1.33. The first-order valence-electron chi connectivity index (χ1n) is 5.82. The Balaban J connectivity index is 2.42. The zero-order chi connectivity index (χ0) is 14.0. The normalized spacial score (nSPS) is 13.5. The number of hydrogen-bond donors (Lipinski definition) is 1. The Kier molecular flexibility index (Phi) is 3.96. The van der Waals surface area contributed by atoms with Gasteiger partial charge >= 0.3 is 6.18 Å². The number of nitrogens with one attached hydrogen (secondary N) is 1. The number of rotatable bonds is 3. The Morgan fingerprint density at radius 3 is 2.47 bits per heavy atom. The average Bonchev–Trinajstić information content (AvgIpc) is 2.76. The molecule has 1 heterocycles. The number of hydrogen-bond acceptors (Lipinski definition) is 2. The highest BCUT2D eigenvalue weighted by atomic mass is 32.1. The van der Waals surface area contributed by atoms with Crippen LogP contribution in [0.5, 0.6) is 0 Å². The smallest absolute Gasteiger partial charge is 0.309 e. The van der Waals surface area contributed by atoms with E-state index < -0.39 is 11.7 Å². The molecule has 0 saturated heterocycles. The number of thiophene rings is 1. The van der Waals surface area contributed by atoms with Crippen LogP contribution in [0.25, 0.3) is 0 Å². The lowest BCUT2D eigenvalue weighted by molar-refractivity contribution is -0.137. The Morgan fingerprint density at radius 1 is 1.21 bits per heavy atom. The van der Waals surface area contributed by atoms with E-state index in [1.807, 2.05) is 18.4 Å². The third-order valence-corrected chi connectivity index (χ3v) is 4.08. The van der Waals surface area contributed by atoms with Gasteiger partial charge in [0.25, 0.3) is 0 Å². The highest BCUT2D eigenvalue weighted by Gasteiger charge is 2.31. The maximum Gasteiger partial charge on any atom is 0.416 e. The first kappa shape index (κ1) is 14.1. The molecule has 1 N–H and O–H groups in total. The summed E-state index contributed by atoms with van der Waals surface area (Å²) in [5.74, 6) is 0. The molecule has 1 nitrogen and oxygen atoms in total. The fourth-order valence-corrected chi connectivity index (χ4v) is 3.09. The van der Waals surface area contributed by atoms with Crippen molar-refractivity contribution in [1.29, 1.82) is 0 Å². The molecule has 1 atom stereocenters. The topological polar surface area (TPSA) is 12.0 Å². The molecule has 19 heavy (non-hydrogen) atoms. The SMILES string of the molecule is CNC(c1cccc(C(F)(F)F)c1)c1sccc1C. The molecule has 0 amide bonds. The van der Waals surface area contributed by atoms with Gasteiger partial charge in [0.2, 0.25) is 0 Å². The largest absolute Gasteiger partial charge is 0.416 e. The summed E-state index contributed by atoms with van der Waals surface area (Å²) in [5.41, 5.74) is 1.10. The number of aryl methyl sites for hydroxylation is 1. The third kappa shape index (κ3) is 2.98. The van der Waals surface area contributed by atoms with Crippen molar-refractivity contribution in [1.82, 2.24) is 5.32 Å². The zero-order valence-electron chi connectivity index (χ0n) is 10.6. The predicted molar refractivity (Wildman–Crippen MR) is 71.4 cm³/mol. The maximum atomic E-state index is 12.7. The van der Waals surface area contributed by atoms with E-state index in [0.29, 0.717) is 5.56 Å². The molecule has 0 saturated carbocycles. The van der Waals surface area contributed by atoms with Crippen LogP contribution in [0.1, 0.15) is 27.6 Å². The molecule has 5 heteroatoms. The van der Waals surface area contributed by atoms with E-state index in [1.165, 1.54) is 12.1 Å². The van der Waals surface area contributed by atoms with Gasteiger partial charge in [-0.2, -0.15) is 13.2 Å². The van der Waals surface area contributed by atoms with Gasteiger partial charge in [-0.05, 0) is 48.7 Å². The standard InChI is InChI=1S/C14H14F3NS/c1-9-6-7-19-13(9)12(18-2)10-4-3-5-11(8-10)14(15,16)17/h3-8,12,18H,1-2H3. The molecule has 0 spiro atoms. The zero-order valence-corrected chi connectivity index (χ0v) is 11.4. The second kappa shape index (κ2) is 5.35. The quantitative estimate of drug-likeness (QED) is 0.882. The van der Waals surface area contributed by atoms with E-state index in [0.717, 1.165) is 16.5 Å². The van der Waals surface area contributed by atoms with Crippen molar-refractivity contribution in [3.8, 4) is 0 Å². The first-order valence-corrected chi connectivity index (χ1v) is 6.70. The van der Waals surface area contributed by atoms with Gasteiger partial charge in [0, 0.05) is 4.88 Å². The van der Waals surface area contributed by atoms with Gasteiger partial charge in [-0.3, -0.25) is 0 Å². The Morgan fingerprint density at radius 2 is 1.95 bits per heavy atom. The van der Waals surface area contributed by atoms with Crippen molar-refractivity contribution < 1.29 is 13.2 Å². The molecular weight excluding hydrogens is 271 g/mol. The highest BCUT2D eigenvalue weighted by molar-refractivity contribution is 7.10. The summed E-state index contributed by atoms with van der Waals surface area (Å²) >= 11 is 1.55.